The summed E-state index contributed by atoms with van der Waals surface area (Å²) in [5, 5.41) is 7.54. The summed E-state index contributed by atoms with van der Waals surface area (Å²) in [4.78, 5) is 11.1. The van der Waals surface area contributed by atoms with Crippen molar-refractivity contribution in [3.8, 4) is 16.9 Å². The second-order valence-electron chi connectivity index (χ2n) is 4.21. The SMILES string of the molecule is CNC(=O)Oc1ccc(-c2ccccc2S(N)(=O)=O)cc1. The Morgan fingerprint density at radius 2 is 1.71 bits per heavy atom. The number of sulfonamides is 1. The van der Waals surface area contributed by atoms with E-state index in [1.54, 1.807) is 42.5 Å². The van der Waals surface area contributed by atoms with Gasteiger partial charge in [0.25, 0.3) is 0 Å². The van der Waals surface area contributed by atoms with Gasteiger partial charge in [-0.15, -0.1) is 0 Å². The minimum Gasteiger partial charge on any atom is -0.410 e. The Morgan fingerprint density at radius 1 is 1.10 bits per heavy atom. The topological polar surface area (TPSA) is 98.5 Å². The third-order valence-electron chi connectivity index (χ3n) is 2.77. The molecule has 3 N–H and O–H groups in total. The van der Waals surface area contributed by atoms with Gasteiger partial charge < -0.3 is 10.1 Å². The zero-order valence-corrected chi connectivity index (χ0v) is 12.1. The molecule has 0 heterocycles. The molecule has 0 aliphatic heterocycles. The van der Waals surface area contributed by atoms with Gasteiger partial charge in [-0.3, -0.25) is 0 Å². The van der Waals surface area contributed by atoms with E-state index in [1.165, 1.54) is 13.1 Å². The summed E-state index contributed by atoms with van der Waals surface area (Å²) in [6, 6.07) is 12.9. The number of rotatable bonds is 3. The average Bonchev–Trinajstić information content (AvgIpc) is 2.47. The Bertz CT molecular complexity index is 755. The van der Waals surface area contributed by atoms with E-state index < -0.39 is 16.1 Å². The van der Waals surface area contributed by atoms with E-state index in [1.807, 2.05) is 0 Å². The molecule has 2 aromatic carbocycles. The van der Waals surface area contributed by atoms with Crippen LogP contribution >= 0.6 is 0 Å². The first-order valence-electron chi connectivity index (χ1n) is 6.03. The van der Waals surface area contributed by atoms with Gasteiger partial charge in [0.05, 0.1) is 4.90 Å². The summed E-state index contributed by atoms with van der Waals surface area (Å²) >= 11 is 0. The Morgan fingerprint density at radius 3 is 2.29 bits per heavy atom. The van der Waals surface area contributed by atoms with Crippen LogP contribution in [0.4, 0.5) is 4.79 Å². The first-order chi connectivity index (χ1) is 9.91. The predicted molar refractivity (Wildman–Crippen MR) is 78.3 cm³/mol. The third kappa shape index (κ3) is 3.59. The lowest BCUT2D eigenvalue weighted by atomic mass is 10.1. The van der Waals surface area contributed by atoms with Crippen LogP contribution in [-0.4, -0.2) is 21.6 Å². The van der Waals surface area contributed by atoms with Gasteiger partial charge >= 0.3 is 6.09 Å². The van der Waals surface area contributed by atoms with Crippen molar-refractivity contribution in [1.82, 2.24) is 5.32 Å². The van der Waals surface area contributed by atoms with Crippen LogP contribution in [0.5, 0.6) is 5.75 Å². The maximum atomic E-state index is 11.6. The summed E-state index contributed by atoms with van der Waals surface area (Å²) in [5.74, 6) is 0.353. The van der Waals surface area contributed by atoms with Crippen molar-refractivity contribution in [3.05, 3.63) is 48.5 Å². The van der Waals surface area contributed by atoms with Gasteiger partial charge in [0.15, 0.2) is 0 Å². The summed E-state index contributed by atoms with van der Waals surface area (Å²) in [5.41, 5.74) is 1.15. The molecular weight excluding hydrogens is 292 g/mol. The highest BCUT2D eigenvalue weighted by atomic mass is 32.2. The van der Waals surface area contributed by atoms with Gasteiger partial charge in [0, 0.05) is 12.6 Å². The molecule has 110 valence electrons. The van der Waals surface area contributed by atoms with E-state index in [4.69, 9.17) is 9.88 Å². The molecule has 0 bridgehead atoms. The Kier molecular flexibility index (Phi) is 4.25. The number of carbonyl (C=O) groups excluding carboxylic acids is 1. The number of hydrogen-bond donors (Lipinski definition) is 2. The summed E-state index contributed by atoms with van der Waals surface area (Å²) in [6.07, 6.45) is -0.576. The Labute approximate surface area is 122 Å². The van der Waals surface area contributed by atoms with Gasteiger partial charge in [0.1, 0.15) is 5.75 Å². The first kappa shape index (κ1) is 15.0. The predicted octanol–water partition coefficient (Wildman–Crippen LogP) is 1.72. The number of nitrogens with two attached hydrogens (primary N) is 1. The number of primary sulfonamides is 1. The maximum absolute atomic E-state index is 11.6. The molecule has 0 saturated carbocycles. The lowest BCUT2D eigenvalue weighted by Crippen LogP contribution is -2.21. The lowest BCUT2D eigenvalue weighted by Gasteiger charge is -2.09. The van der Waals surface area contributed by atoms with Gasteiger partial charge in [0.2, 0.25) is 10.0 Å². The van der Waals surface area contributed by atoms with E-state index >= 15 is 0 Å². The second kappa shape index (κ2) is 5.94. The van der Waals surface area contributed by atoms with Crippen molar-refractivity contribution in [1.29, 1.82) is 0 Å². The number of amides is 1. The molecule has 1 amide bonds. The van der Waals surface area contributed by atoms with Crippen LogP contribution in [0.1, 0.15) is 0 Å². The maximum Gasteiger partial charge on any atom is 0.412 e. The van der Waals surface area contributed by atoms with Crippen molar-refractivity contribution in [2.24, 2.45) is 5.14 Å². The number of benzene rings is 2. The first-order valence-corrected chi connectivity index (χ1v) is 7.58. The highest BCUT2D eigenvalue weighted by molar-refractivity contribution is 7.89. The Hall–Kier alpha value is -2.38. The molecule has 0 aromatic heterocycles. The monoisotopic (exact) mass is 306 g/mol. The quantitative estimate of drug-likeness (QED) is 0.902. The van der Waals surface area contributed by atoms with Crippen LogP contribution in [0.2, 0.25) is 0 Å². The summed E-state index contributed by atoms with van der Waals surface area (Å²) in [7, 11) is -2.35. The number of hydrogen-bond acceptors (Lipinski definition) is 4. The molecular formula is C14H14N2O4S. The van der Waals surface area contributed by atoms with Gasteiger partial charge in [-0.2, -0.15) is 0 Å². The standard InChI is InChI=1S/C14H14N2O4S/c1-16-14(17)20-11-8-6-10(7-9-11)12-4-2-3-5-13(12)21(15,18)19/h2-9H,1H3,(H,16,17)(H2,15,18,19). The van der Waals surface area contributed by atoms with E-state index in [0.717, 1.165) is 0 Å². The van der Waals surface area contributed by atoms with Crippen molar-refractivity contribution >= 4 is 16.1 Å². The zero-order valence-electron chi connectivity index (χ0n) is 11.2. The van der Waals surface area contributed by atoms with E-state index in [2.05, 4.69) is 5.32 Å². The summed E-state index contributed by atoms with van der Waals surface area (Å²) < 4.78 is 28.1. The van der Waals surface area contributed by atoms with E-state index in [-0.39, 0.29) is 4.90 Å². The molecule has 0 radical (unpaired) electrons. The number of ether oxygens (including phenoxy) is 1. The molecule has 0 aliphatic carbocycles. The fraction of sp³-hybridized carbons (Fsp3) is 0.0714. The van der Waals surface area contributed by atoms with Crippen molar-refractivity contribution in [3.63, 3.8) is 0 Å². The molecule has 0 saturated heterocycles. The van der Waals surface area contributed by atoms with Crippen molar-refractivity contribution in [2.45, 2.75) is 4.90 Å². The highest BCUT2D eigenvalue weighted by Gasteiger charge is 2.14. The highest BCUT2D eigenvalue weighted by Crippen LogP contribution is 2.27. The molecule has 7 heteroatoms. The molecule has 0 spiro atoms. The minimum absolute atomic E-state index is 0.0463. The molecule has 0 fully saturated rings. The van der Waals surface area contributed by atoms with Crippen molar-refractivity contribution < 1.29 is 17.9 Å². The van der Waals surface area contributed by atoms with Crippen LogP contribution in [-0.2, 0) is 10.0 Å². The van der Waals surface area contributed by atoms with Gasteiger partial charge in [-0.05, 0) is 23.8 Å². The number of nitrogens with one attached hydrogen (secondary N) is 1. The average molecular weight is 306 g/mol. The summed E-state index contributed by atoms with van der Waals surface area (Å²) in [6.45, 7) is 0. The third-order valence-corrected chi connectivity index (χ3v) is 3.74. The fourth-order valence-corrected chi connectivity index (χ4v) is 2.57. The second-order valence-corrected chi connectivity index (χ2v) is 5.73. The van der Waals surface area contributed by atoms with Crippen LogP contribution in [0.15, 0.2) is 53.4 Å². The van der Waals surface area contributed by atoms with Crippen LogP contribution in [0.3, 0.4) is 0 Å². The fourth-order valence-electron chi connectivity index (χ4n) is 1.81. The van der Waals surface area contributed by atoms with E-state index in [0.29, 0.717) is 16.9 Å². The van der Waals surface area contributed by atoms with Gasteiger partial charge in [-0.25, -0.2) is 18.4 Å². The molecule has 0 atom stereocenters. The molecule has 6 nitrogen and oxygen atoms in total. The largest absolute Gasteiger partial charge is 0.412 e. The molecule has 2 rings (SSSR count). The van der Waals surface area contributed by atoms with Crippen molar-refractivity contribution in [2.75, 3.05) is 7.05 Å². The minimum atomic E-state index is -3.81. The molecule has 21 heavy (non-hydrogen) atoms. The normalized spacial score (nSPS) is 11.0. The number of carbonyl (C=O) groups is 1. The van der Waals surface area contributed by atoms with Crippen LogP contribution < -0.4 is 15.2 Å². The van der Waals surface area contributed by atoms with Crippen LogP contribution in [0, 0.1) is 0 Å². The molecule has 0 aliphatic rings. The molecule has 0 unspecified atom stereocenters. The zero-order chi connectivity index (χ0) is 15.5. The smallest absolute Gasteiger partial charge is 0.410 e. The Balaban J connectivity index is 2.38. The lowest BCUT2D eigenvalue weighted by molar-refractivity contribution is 0.203. The van der Waals surface area contributed by atoms with Gasteiger partial charge in [-0.1, -0.05) is 30.3 Å². The van der Waals surface area contributed by atoms with E-state index in [9.17, 15) is 13.2 Å². The molecule has 2 aromatic rings. The van der Waals surface area contributed by atoms with Crippen LogP contribution in [0.25, 0.3) is 11.1 Å².